The quantitative estimate of drug-likeness (QED) is 0.740. The Labute approximate surface area is 167 Å². The standard InChI is InChI=1S/C24H30N2O2/c1-3-19-9-11-20(12-10-19)18(2)25-23(27)17-26-15-13-22(14-16-26)24(28)21-7-5-4-6-8-21/h4-12,18,22H,3,13-17H2,1-2H3,(H,25,27). The van der Waals surface area contributed by atoms with Gasteiger partial charge >= 0.3 is 0 Å². The van der Waals surface area contributed by atoms with Gasteiger partial charge in [-0.15, -0.1) is 0 Å². The van der Waals surface area contributed by atoms with Gasteiger partial charge in [0.2, 0.25) is 5.91 Å². The number of carbonyl (C=O) groups excluding carboxylic acids is 2. The molecule has 0 radical (unpaired) electrons. The van der Waals surface area contributed by atoms with E-state index in [1.807, 2.05) is 37.3 Å². The summed E-state index contributed by atoms with van der Waals surface area (Å²) in [6, 6.07) is 17.9. The molecular weight excluding hydrogens is 348 g/mol. The molecule has 0 saturated carbocycles. The number of nitrogens with one attached hydrogen (secondary N) is 1. The van der Waals surface area contributed by atoms with Crippen LogP contribution in [-0.2, 0) is 11.2 Å². The first-order valence-electron chi connectivity index (χ1n) is 10.3. The van der Waals surface area contributed by atoms with E-state index in [0.29, 0.717) is 6.54 Å². The first-order chi connectivity index (χ1) is 13.6. The molecule has 1 amide bonds. The van der Waals surface area contributed by atoms with Crippen LogP contribution in [0, 0.1) is 5.92 Å². The van der Waals surface area contributed by atoms with Gasteiger partial charge in [0, 0.05) is 11.5 Å². The normalized spacial score (nSPS) is 16.5. The number of amides is 1. The summed E-state index contributed by atoms with van der Waals surface area (Å²) < 4.78 is 0. The maximum Gasteiger partial charge on any atom is 0.234 e. The fourth-order valence-corrected chi connectivity index (χ4v) is 3.81. The molecule has 1 heterocycles. The lowest BCUT2D eigenvalue weighted by atomic mass is 9.89. The smallest absolute Gasteiger partial charge is 0.234 e. The zero-order valence-electron chi connectivity index (χ0n) is 16.9. The van der Waals surface area contributed by atoms with Gasteiger partial charge in [0.25, 0.3) is 0 Å². The minimum atomic E-state index is -0.00407. The van der Waals surface area contributed by atoms with E-state index in [1.54, 1.807) is 0 Å². The van der Waals surface area contributed by atoms with E-state index in [0.717, 1.165) is 43.5 Å². The van der Waals surface area contributed by atoms with Gasteiger partial charge < -0.3 is 5.32 Å². The molecule has 1 aliphatic heterocycles. The zero-order valence-corrected chi connectivity index (χ0v) is 16.9. The van der Waals surface area contributed by atoms with Crippen molar-refractivity contribution in [3.8, 4) is 0 Å². The molecule has 4 heteroatoms. The topological polar surface area (TPSA) is 49.4 Å². The number of nitrogens with zero attached hydrogens (tertiary/aromatic N) is 1. The van der Waals surface area contributed by atoms with E-state index in [1.165, 1.54) is 5.56 Å². The van der Waals surface area contributed by atoms with Crippen LogP contribution in [0.3, 0.4) is 0 Å². The van der Waals surface area contributed by atoms with Crippen molar-refractivity contribution in [1.82, 2.24) is 10.2 Å². The van der Waals surface area contributed by atoms with E-state index in [2.05, 4.69) is 41.4 Å². The summed E-state index contributed by atoms with van der Waals surface area (Å²) in [5.41, 5.74) is 3.22. The Morgan fingerprint density at radius 3 is 2.29 bits per heavy atom. The van der Waals surface area contributed by atoms with Crippen LogP contribution in [0.25, 0.3) is 0 Å². The summed E-state index contributed by atoms with van der Waals surface area (Å²) in [6.07, 6.45) is 2.65. The lowest BCUT2D eigenvalue weighted by Gasteiger charge is -2.31. The van der Waals surface area contributed by atoms with E-state index >= 15 is 0 Å². The van der Waals surface area contributed by atoms with Crippen LogP contribution >= 0.6 is 0 Å². The second-order valence-corrected chi connectivity index (χ2v) is 7.67. The number of benzene rings is 2. The number of ketones is 1. The van der Waals surface area contributed by atoms with Crippen LogP contribution in [0.15, 0.2) is 54.6 Å². The molecule has 28 heavy (non-hydrogen) atoms. The van der Waals surface area contributed by atoms with Gasteiger partial charge in [-0.2, -0.15) is 0 Å². The van der Waals surface area contributed by atoms with Gasteiger partial charge in [0.1, 0.15) is 0 Å². The van der Waals surface area contributed by atoms with Gasteiger partial charge in [0.15, 0.2) is 5.78 Å². The van der Waals surface area contributed by atoms with Gasteiger partial charge in [-0.3, -0.25) is 14.5 Å². The summed E-state index contributed by atoms with van der Waals surface area (Å²) >= 11 is 0. The number of hydrogen-bond donors (Lipinski definition) is 1. The van der Waals surface area contributed by atoms with Gasteiger partial charge in [-0.25, -0.2) is 0 Å². The van der Waals surface area contributed by atoms with E-state index < -0.39 is 0 Å². The van der Waals surface area contributed by atoms with Crippen LogP contribution in [0.1, 0.15) is 54.2 Å². The largest absolute Gasteiger partial charge is 0.348 e. The summed E-state index contributed by atoms with van der Waals surface area (Å²) in [6.45, 7) is 6.12. The highest BCUT2D eigenvalue weighted by Gasteiger charge is 2.26. The van der Waals surface area contributed by atoms with Crippen LogP contribution in [-0.4, -0.2) is 36.2 Å². The first-order valence-corrected chi connectivity index (χ1v) is 10.3. The lowest BCUT2D eigenvalue weighted by molar-refractivity contribution is -0.123. The van der Waals surface area contributed by atoms with Crippen molar-refractivity contribution >= 4 is 11.7 Å². The molecule has 0 spiro atoms. The van der Waals surface area contributed by atoms with Crippen molar-refractivity contribution in [2.24, 2.45) is 5.92 Å². The Hall–Kier alpha value is -2.46. The molecule has 1 atom stereocenters. The average Bonchev–Trinajstić information content (AvgIpc) is 2.74. The third-order valence-electron chi connectivity index (χ3n) is 5.65. The monoisotopic (exact) mass is 378 g/mol. The molecule has 0 aliphatic carbocycles. The van der Waals surface area contributed by atoms with Gasteiger partial charge in [-0.1, -0.05) is 61.5 Å². The lowest BCUT2D eigenvalue weighted by Crippen LogP contribution is -2.43. The van der Waals surface area contributed by atoms with Crippen molar-refractivity contribution in [2.75, 3.05) is 19.6 Å². The maximum absolute atomic E-state index is 12.6. The Morgan fingerprint density at radius 2 is 1.68 bits per heavy atom. The molecule has 0 bridgehead atoms. The minimum Gasteiger partial charge on any atom is -0.348 e. The minimum absolute atomic E-state index is 0.00407. The number of likely N-dealkylation sites (tertiary alicyclic amines) is 1. The Balaban J connectivity index is 1.45. The highest BCUT2D eigenvalue weighted by molar-refractivity contribution is 5.97. The van der Waals surface area contributed by atoms with Crippen molar-refractivity contribution in [2.45, 2.75) is 39.2 Å². The molecule has 0 aromatic heterocycles. The second kappa shape index (κ2) is 9.65. The molecule has 1 saturated heterocycles. The Kier molecular flexibility index (Phi) is 6.99. The maximum atomic E-state index is 12.6. The van der Waals surface area contributed by atoms with Crippen LogP contribution in [0.4, 0.5) is 0 Å². The predicted molar refractivity (Wildman–Crippen MR) is 112 cm³/mol. The van der Waals surface area contributed by atoms with Crippen molar-refractivity contribution < 1.29 is 9.59 Å². The third-order valence-corrected chi connectivity index (χ3v) is 5.65. The van der Waals surface area contributed by atoms with E-state index in [-0.39, 0.29) is 23.7 Å². The fraction of sp³-hybridized carbons (Fsp3) is 0.417. The summed E-state index contributed by atoms with van der Waals surface area (Å²) in [7, 11) is 0. The molecule has 148 valence electrons. The van der Waals surface area contributed by atoms with Crippen LogP contribution < -0.4 is 5.32 Å². The number of carbonyl (C=O) groups is 2. The number of rotatable bonds is 7. The number of Topliss-reactive ketones (excluding diaryl/α,β-unsaturated/α-hetero) is 1. The molecule has 3 rings (SSSR count). The number of hydrogen-bond acceptors (Lipinski definition) is 3. The van der Waals surface area contributed by atoms with Crippen molar-refractivity contribution in [3.05, 3.63) is 71.3 Å². The van der Waals surface area contributed by atoms with Crippen molar-refractivity contribution in [3.63, 3.8) is 0 Å². The molecule has 1 unspecified atom stereocenters. The first kappa shape index (κ1) is 20.3. The highest BCUT2D eigenvalue weighted by atomic mass is 16.2. The molecule has 4 nitrogen and oxygen atoms in total. The predicted octanol–water partition coefficient (Wildman–Crippen LogP) is 4.02. The summed E-state index contributed by atoms with van der Waals surface area (Å²) in [5.74, 6) is 0.339. The third kappa shape index (κ3) is 5.29. The van der Waals surface area contributed by atoms with E-state index in [4.69, 9.17) is 0 Å². The second-order valence-electron chi connectivity index (χ2n) is 7.67. The number of piperidine rings is 1. The number of aryl methyl sites for hydroxylation is 1. The van der Waals surface area contributed by atoms with Crippen LogP contribution in [0.5, 0.6) is 0 Å². The zero-order chi connectivity index (χ0) is 19.9. The molecule has 2 aromatic rings. The molecule has 1 fully saturated rings. The molecule has 2 aromatic carbocycles. The molecular formula is C24H30N2O2. The SMILES string of the molecule is CCc1ccc(C(C)NC(=O)CN2CCC(C(=O)c3ccccc3)CC2)cc1. The Morgan fingerprint density at radius 1 is 1.04 bits per heavy atom. The fourth-order valence-electron chi connectivity index (χ4n) is 3.81. The van der Waals surface area contributed by atoms with Crippen molar-refractivity contribution in [1.29, 1.82) is 0 Å². The van der Waals surface area contributed by atoms with Gasteiger partial charge in [0.05, 0.1) is 12.6 Å². The summed E-state index contributed by atoms with van der Waals surface area (Å²) in [5, 5.41) is 3.09. The summed E-state index contributed by atoms with van der Waals surface area (Å²) in [4.78, 5) is 27.2. The highest BCUT2D eigenvalue weighted by Crippen LogP contribution is 2.22. The average molecular weight is 379 g/mol. The van der Waals surface area contributed by atoms with Crippen LogP contribution in [0.2, 0.25) is 0 Å². The Bertz CT molecular complexity index is 778. The van der Waals surface area contributed by atoms with Gasteiger partial charge in [-0.05, 0) is 50.4 Å². The molecule has 1 N–H and O–H groups in total. The van der Waals surface area contributed by atoms with E-state index in [9.17, 15) is 9.59 Å². The molecule has 1 aliphatic rings.